The van der Waals surface area contributed by atoms with Gasteiger partial charge in [0.05, 0.1) is 10.8 Å². The lowest BCUT2D eigenvalue weighted by molar-refractivity contribution is -0.412. The predicted octanol–water partition coefficient (Wildman–Crippen LogP) is 7.29. The Morgan fingerprint density at radius 1 is 0.722 bits per heavy atom. The van der Waals surface area contributed by atoms with Gasteiger partial charge in [0.15, 0.2) is 5.60 Å². The fourth-order valence-electron chi connectivity index (χ4n) is 3.23. The summed E-state index contributed by atoms with van der Waals surface area (Å²) < 4.78 is 89.1. The number of carbonyl (C=O) groups is 2. The topological polar surface area (TPSA) is 72.8 Å². The van der Waals surface area contributed by atoms with Crippen LogP contribution in [0.1, 0.15) is 107 Å². The van der Waals surface area contributed by atoms with E-state index < -0.39 is 47.8 Å². The minimum atomic E-state index is -6.02. The zero-order valence-corrected chi connectivity index (χ0v) is 22.8. The van der Waals surface area contributed by atoms with Gasteiger partial charge in [0.25, 0.3) is 5.60 Å². The Morgan fingerprint density at radius 2 is 1.08 bits per heavy atom. The number of alkyl halides is 6. The van der Waals surface area contributed by atoms with Gasteiger partial charge in [-0.3, -0.25) is 9.59 Å². The average Bonchev–Trinajstić information content (AvgIpc) is 3.21. The molecule has 214 valence electrons. The molecule has 1 aliphatic carbocycles. The zero-order valence-electron chi connectivity index (χ0n) is 22.8. The molecule has 0 atom stereocenters. The van der Waals surface area contributed by atoms with Crippen LogP contribution in [-0.2, 0) is 19.1 Å². The number of carbonyl (C=O) groups excluding carboxylic acids is 2. The first kappa shape index (κ1) is 34.5. The minimum absolute atomic E-state index is 0.00565. The van der Waals surface area contributed by atoms with Crippen LogP contribution in [0.3, 0.4) is 0 Å². The molecule has 0 radical (unpaired) electrons. The highest BCUT2D eigenvalue weighted by molar-refractivity contribution is 5.76. The van der Waals surface area contributed by atoms with Gasteiger partial charge in [-0.05, 0) is 86.5 Å². The van der Waals surface area contributed by atoms with Gasteiger partial charge in [0, 0.05) is 0 Å². The third kappa shape index (κ3) is 7.51. The maximum Gasteiger partial charge on any atom is 0.430 e. The fourth-order valence-corrected chi connectivity index (χ4v) is 3.23. The number of hydrogen-bond acceptors (Lipinski definition) is 5. The van der Waals surface area contributed by atoms with E-state index in [1.807, 2.05) is 41.5 Å². The molecule has 1 N–H and O–H groups in total. The van der Waals surface area contributed by atoms with E-state index in [1.165, 1.54) is 13.8 Å². The molecule has 1 saturated carbocycles. The van der Waals surface area contributed by atoms with E-state index in [0.717, 1.165) is 12.8 Å². The third-order valence-corrected chi connectivity index (χ3v) is 7.27. The Balaban J connectivity index is 0.000000802. The van der Waals surface area contributed by atoms with Crippen molar-refractivity contribution in [2.75, 3.05) is 0 Å². The van der Waals surface area contributed by atoms with E-state index in [4.69, 9.17) is 9.47 Å². The lowest BCUT2D eigenvalue weighted by Crippen LogP contribution is -2.71. The number of esters is 2. The summed E-state index contributed by atoms with van der Waals surface area (Å²) in [5.74, 6) is -1.28. The first-order valence-electron chi connectivity index (χ1n) is 12.2. The molecule has 0 heterocycles. The smallest absolute Gasteiger partial charge is 0.430 e. The summed E-state index contributed by atoms with van der Waals surface area (Å²) in [6, 6.07) is 0. The van der Waals surface area contributed by atoms with E-state index in [1.54, 1.807) is 6.92 Å². The quantitative estimate of drug-likeness (QED) is 0.261. The van der Waals surface area contributed by atoms with Crippen LogP contribution < -0.4 is 0 Å². The van der Waals surface area contributed by atoms with Crippen molar-refractivity contribution in [3.05, 3.63) is 0 Å². The number of aliphatic hydroxyl groups is 1. The van der Waals surface area contributed by atoms with Crippen molar-refractivity contribution in [3.63, 3.8) is 0 Å². The molecule has 5 nitrogen and oxygen atoms in total. The van der Waals surface area contributed by atoms with Gasteiger partial charge < -0.3 is 14.6 Å². The second-order valence-electron chi connectivity index (χ2n) is 11.3. The number of hydrogen-bond donors (Lipinski definition) is 1. The predicted molar refractivity (Wildman–Crippen MR) is 123 cm³/mol. The van der Waals surface area contributed by atoms with Gasteiger partial charge in [0.1, 0.15) is 5.60 Å². The van der Waals surface area contributed by atoms with Crippen LogP contribution in [0.5, 0.6) is 0 Å². The molecule has 0 spiro atoms. The van der Waals surface area contributed by atoms with E-state index in [2.05, 4.69) is 0 Å². The molecule has 0 unspecified atom stereocenters. The Hall–Kier alpha value is -1.52. The Labute approximate surface area is 210 Å². The molecule has 1 aliphatic rings. The Morgan fingerprint density at radius 3 is 1.39 bits per heavy atom. The summed E-state index contributed by atoms with van der Waals surface area (Å²) >= 11 is 0. The molecule has 0 amide bonds. The van der Waals surface area contributed by atoms with E-state index >= 15 is 0 Å². The summed E-state index contributed by atoms with van der Waals surface area (Å²) in [5.41, 5.74) is -10.1. The lowest BCUT2D eigenvalue weighted by Gasteiger charge is -2.46. The van der Waals surface area contributed by atoms with Crippen LogP contribution in [0.25, 0.3) is 0 Å². The second-order valence-corrected chi connectivity index (χ2v) is 11.3. The normalized spacial score (nSPS) is 17.2. The van der Waals surface area contributed by atoms with Crippen LogP contribution in [0.4, 0.5) is 26.3 Å². The molecule has 36 heavy (non-hydrogen) atoms. The first-order valence-corrected chi connectivity index (χ1v) is 12.2. The average molecular weight is 537 g/mol. The van der Waals surface area contributed by atoms with Crippen molar-refractivity contribution in [3.8, 4) is 0 Å². The van der Waals surface area contributed by atoms with Crippen molar-refractivity contribution in [1.29, 1.82) is 0 Å². The van der Waals surface area contributed by atoms with Crippen molar-refractivity contribution in [2.45, 2.75) is 136 Å². The monoisotopic (exact) mass is 536 g/mol. The molecule has 0 saturated heterocycles. The van der Waals surface area contributed by atoms with Gasteiger partial charge >= 0.3 is 24.3 Å². The summed E-state index contributed by atoms with van der Waals surface area (Å²) in [6.07, 6.45) is -11.6. The van der Waals surface area contributed by atoms with Crippen molar-refractivity contribution >= 4 is 11.9 Å². The molecular weight excluding hydrogens is 494 g/mol. The maximum absolute atomic E-state index is 13.2. The Kier molecular flexibility index (Phi) is 11.0. The van der Waals surface area contributed by atoms with Gasteiger partial charge in [-0.25, -0.2) is 0 Å². The number of rotatable bonds is 8. The van der Waals surface area contributed by atoms with E-state index in [9.17, 15) is 41.0 Å². The number of ether oxygens (including phenoxy) is 2. The second kappa shape index (κ2) is 11.5. The van der Waals surface area contributed by atoms with Gasteiger partial charge in [-0.15, -0.1) is 0 Å². The van der Waals surface area contributed by atoms with E-state index in [0.29, 0.717) is 0 Å². The van der Waals surface area contributed by atoms with Gasteiger partial charge in [-0.1, -0.05) is 20.8 Å². The van der Waals surface area contributed by atoms with Crippen molar-refractivity contribution in [2.24, 2.45) is 10.8 Å². The largest absolute Gasteiger partial charge is 0.459 e. The van der Waals surface area contributed by atoms with Crippen molar-refractivity contribution < 1.29 is 50.5 Å². The molecule has 0 aromatic rings. The standard InChI is InChI=1S/C14H20F6O3.C11H22O2/c1-4-10(2,3)9(21)23-11(7-5-6-8-11)12(22,13(15,16)17)14(18,19)20;1-7-10(3,4)9(12)13-11(5,6)8-2/h22H,4-8H2,1-3H3;7-8H2,1-6H3. The summed E-state index contributed by atoms with van der Waals surface area (Å²) in [6.45, 7) is 16.0. The molecule has 0 aromatic heterocycles. The highest BCUT2D eigenvalue weighted by Crippen LogP contribution is 2.56. The highest BCUT2D eigenvalue weighted by atomic mass is 19.4. The molecular formula is C25H42F6O5. The SMILES string of the molecule is CCC(C)(C)C(=O)OC1(C(O)(C(F)(F)F)C(F)(F)F)CCCC1.CCC(C)(C)OC(=O)C(C)(C)CC. The first-order chi connectivity index (χ1) is 15.9. The maximum atomic E-state index is 13.2. The van der Waals surface area contributed by atoms with Crippen LogP contribution in [0.2, 0.25) is 0 Å². The lowest BCUT2D eigenvalue weighted by atomic mass is 9.79. The third-order valence-electron chi connectivity index (χ3n) is 7.27. The minimum Gasteiger partial charge on any atom is -0.459 e. The van der Waals surface area contributed by atoms with Gasteiger partial charge in [0.2, 0.25) is 0 Å². The summed E-state index contributed by atoms with van der Waals surface area (Å²) in [4.78, 5) is 23.7. The zero-order chi connectivity index (χ0) is 29.0. The number of halogens is 6. The molecule has 1 rings (SSSR count). The molecule has 0 aromatic carbocycles. The van der Waals surface area contributed by atoms with Crippen LogP contribution in [-0.4, -0.2) is 46.2 Å². The summed E-state index contributed by atoms with van der Waals surface area (Å²) in [5, 5.41) is 9.69. The van der Waals surface area contributed by atoms with Crippen LogP contribution >= 0.6 is 0 Å². The summed E-state index contributed by atoms with van der Waals surface area (Å²) in [7, 11) is 0. The van der Waals surface area contributed by atoms with Crippen LogP contribution in [0.15, 0.2) is 0 Å². The van der Waals surface area contributed by atoms with Crippen LogP contribution in [0, 0.1) is 10.8 Å². The molecule has 0 aliphatic heterocycles. The fraction of sp³-hybridized carbons (Fsp3) is 0.920. The Bertz CT molecular complexity index is 733. The molecule has 0 bridgehead atoms. The van der Waals surface area contributed by atoms with Gasteiger partial charge in [-0.2, -0.15) is 26.3 Å². The van der Waals surface area contributed by atoms with Crippen molar-refractivity contribution in [1.82, 2.24) is 0 Å². The molecule has 1 fully saturated rings. The highest BCUT2D eigenvalue weighted by Gasteiger charge is 2.81. The van der Waals surface area contributed by atoms with E-state index in [-0.39, 0.29) is 36.2 Å². The molecule has 11 heteroatoms.